The van der Waals surface area contributed by atoms with Crippen molar-refractivity contribution in [1.82, 2.24) is 9.97 Å². The van der Waals surface area contributed by atoms with Crippen LogP contribution in [0.5, 0.6) is 0 Å². The van der Waals surface area contributed by atoms with Crippen molar-refractivity contribution < 1.29 is 9.31 Å². The van der Waals surface area contributed by atoms with Crippen molar-refractivity contribution in [3.8, 4) is 11.3 Å². The molecule has 0 spiro atoms. The fourth-order valence-corrected chi connectivity index (χ4v) is 6.27. The Kier molecular flexibility index (Phi) is 11.2. The van der Waals surface area contributed by atoms with Gasteiger partial charge in [0.25, 0.3) is 0 Å². The molecule has 0 atom stereocenters. The summed E-state index contributed by atoms with van der Waals surface area (Å²) in [4.78, 5) is 8.49. The van der Waals surface area contributed by atoms with Crippen molar-refractivity contribution >= 4 is 36.6 Å². The first-order valence-electron chi connectivity index (χ1n) is 16.0. The molecule has 3 heterocycles. The highest BCUT2D eigenvalue weighted by molar-refractivity contribution is 6.62. The molecule has 45 heavy (non-hydrogen) atoms. The van der Waals surface area contributed by atoms with Gasteiger partial charge in [0.1, 0.15) is 5.15 Å². The van der Waals surface area contributed by atoms with Gasteiger partial charge in [-0.1, -0.05) is 48.0 Å². The van der Waals surface area contributed by atoms with E-state index in [1.165, 1.54) is 87.6 Å². The summed E-state index contributed by atoms with van der Waals surface area (Å²) in [7, 11) is -0.206. The highest BCUT2D eigenvalue weighted by Gasteiger charge is 2.52. The minimum absolute atomic E-state index is 0. The van der Waals surface area contributed by atoms with Crippen molar-refractivity contribution in [3.63, 3.8) is 0 Å². The first-order chi connectivity index (χ1) is 20.9. The smallest absolute Gasteiger partial charge is 0.399 e. The van der Waals surface area contributed by atoms with E-state index >= 15 is 0 Å². The highest BCUT2D eigenvalue weighted by atomic mass is 35.5. The Labute approximate surface area is 281 Å². The van der Waals surface area contributed by atoms with E-state index in [1.807, 2.05) is 26.1 Å². The molecule has 2 aliphatic carbocycles. The van der Waals surface area contributed by atoms with Crippen LogP contribution in [-0.4, -0.2) is 28.3 Å². The van der Waals surface area contributed by atoms with Crippen LogP contribution >= 0.6 is 24.0 Å². The van der Waals surface area contributed by atoms with E-state index in [9.17, 15) is 0 Å². The number of hydrogen-bond donors (Lipinski definition) is 0. The Bertz CT molecular complexity index is 1640. The fraction of sp³-hybridized carbons (Fsp3) is 0.421. The minimum atomic E-state index is -0.251. The lowest BCUT2D eigenvalue weighted by atomic mass is 9.75. The zero-order valence-corrected chi connectivity index (χ0v) is 29.7. The molecule has 0 radical (unpaired) electrons. The van der Waals surface area contributed by atoms with Gasteiger partial charge in [-0.2, -0.15) is 0 Å². The number of fused-ring (bicyclic) bond motifs is 2. The van der Waals surface area contributed by atoms with Gasteiger partial charge in [0, 0.05) is 18.0 Å². The predicted octanol–water partition coefficient (Wildman–Crippen LogP) is 9.10. The van der Waals surface area contributed by atoms with Gasteiger partial charge < -0.3 is 9.31 Å². The summed E-state index contributed by atoms with van der Waals surface area (Å²) < 4.78 is 12.3. The topological polar surface area (TPSA) is 44.2 Å². The lowest BCUT2D eigenvalue weighted by Crippen LogP contribution is -2.41. The number of nitrogens with zero attached hydrogens (tertiary/aromatic N) is 2. The van der Waals surface area contributed by atoms with Crippen LogP contribution < -0.4 is 5.46 Å². The average Bonchev–Trinajstić information content (AvgIpc) is 3.70. The molecule has 238 valence electrons. The molecule has 4 nitrogen and oxygen atoms in total. The van der Waals surface area contributed by atoms with Gasteiger partial charge in [0.05, 0.1) is 16.9 Å². The summed E-state index contributed by atoms with van der Waals surface area (Å²) in [5, 5.41) is 0.568. The Morgan fingerprint density at radius 2 is 1.20 bits per heavy atom. The molecule has 1 saturated heterocycles. The van der Waals surface area contributed by atoms with E-state index < -0.39 is 0 Å². The zero-order valence-electron chi connectivity index (χ0n) is 28.1. The normalized spacial score (nSPS) is 16.9. The van der Waals surface area contributed by atoms with Crippen LogP contribution in [0.15, 0.2) is 60.9 Å². The summed E-state index contributed by atoms with van der Waals surface area (Å²) >= 11 is 5.61. The first kappa shape index (κ1) is 35.2. The number of halogens is 2. The molecule has 0 amide bonds. The molecule has 0 unspecified atom stereocenters. The molecule has 1 aliphatic heterocycles. The molecular weight excluding hydrogens is 598 g/mol. The van der Waals surface area contributed by atoms with Gasteiger partial charge in [-0.05, 0) is 156 Å². The second kappa shape index (κ2) is 14.4. The van der Waals surface area contributed by atoms with Crippen LogP contribution in [-0.2, 0) is 35.0 Å². The number of pyridine rings is 2. The Morgan fingerprint density at radius 3 is 1.78 bits per heavy atom. The standard InChI is InChI=1S/C16H17N.C15H21BO2.C7H8ClN.ClH/c1-11-9-16(17-10-12(11)2)15-8-4-6-13-5-3-7-14(13)15;1-14(2)15(3,4)18-16(17-14)13-10-6-8-11-7-5-9-12(11)13;1-5-3-7(8)9-4-6(5)2;/h4,6,8-10H,3,5,7H2,1-2H3;6,8,10H,5,7,9H2,1-4H3;3-4H,1-2H3;1H. The molecule has 7 heteroatoms. The second-order valence-corrected chi connectivity index (χ2v) is 13.9. The Morgan fingerprint density at radius 1 is 0.667 bits per heavy atom. The van der Waals surface area contributed by atoms with Crippen LogP contribution in [0, 0.1) is 27.7 Å². The van der Waals surface area contributed by atoms with E-state index in [0.29, 0.717) is 5.15 Å². The Hall–Kier alpha value is -2.70. The van der Waals surface area contributed by atoms with Gasteiger partial charge >= 0.3 is 7.12 Å². The van der Waals surface area contributed by atoms with E-state index in [0.717, 1.165) is 12.1 Å². The lowest BCUT2D eigenvalue weighted by molar-refractivity contribution is 0.00578. The largest absolute Gasteiger partial charge is 0.495 e. The molecular formula is C38H47BCl2N2O2. The average molecular weight is 646 g/mol. The number of aromatic nitrogens is 2. The molecule has 2 aromatic carbocycles. The molecule has 0 saturated carbocycles. The maximum atomic E-state index is 6.15. The minimum Gasteiger partial charge on any atom is -0.399 e. The molecule has 2 aromatic heterocycles. The maximum absolute atomic E-state index is 6.15. The van der Waals surface area contributed by atoms with Crippen LogP contribution in [0.3, 0.4) is 0 Å². The predicted molar refractivity (Wildman–Crippen MR) is 191 cm³/mol. The van der Waals surface area contributed by atoms with Crippen LogP contribution in [0.4, 0.5) is 0 Å². The van der Waals surface area contributed by atoms with Crippen molar-refractivity contribution in [3.05, 3.63) is 111 Å². The van der Waals surface area contributed by atoms with E-state index in [1.54, 1.807) is 6.20 Å². The molecule has 3 aliphatic rings. The first-order valence-corrected chi connectivity index (χ1v) is 16.3. The van der Waals surface area contributed by atoms with Gasteiger partial charge in [-0.25, -0.2) is 4.98 Å². The lowest BCUT2D eigenvalue weighted by Gasteiger charge is -2.32. The van der Waals surface area contributed by atoms with Crippen LogP contribution in [0.2, 0.25) is 5.15 Å². The zero-order chi connectivity index (χ0) is 31.6. The van der Waals surface area contributed by atoms with E-state index in [2.05, 4.69) is 94.0 Å². The van der Waals surface area contributed by atoms with Crippen molar-refractivity contribution in [2.75, 3.05) is 0 Å². The fourth-order valence-electron chi connectivity index (χ4n) is 6.06. The summed E-state index contributed by atoms with van der Waals surface area (Å²) in [6, 6.07) is 17.2. The summed E-state index contributed by atoms with van der Waals surface area (Å²) in [6.45, 7) is 16.7. The summed E-state index contributed by atoms with van der Waals surface area (Å²) in [6.07, 6.45) is 11.1. The SMILES string of the molecule is CC1(C)OB(c2cccc3c2CCC3)OC1(C)C.Cc1cnc(-c2cccc3c2CCC3)cc1C.Cc1cnc(Cl)cc1C.Cl. The van der Waals surface area contributed by atoms with Crippen molar-refractivity contribution in [1.29, 1.82) is 0 Å². The summed E-state index contributed by atoms with van der Waals surface area (Å²) in [5.74, 6) is 0. The quantitative estimate of drug-likeness (QED) is 0.161. The Balaban J connectivity index is 0.000000160. The third-order valence-corrected chi connectivity index (χ3v) is 10.0. The third-order valence-electron chi connectivity index (χ3n) is 9.82. The van der Waals surface area contributed by atoms with Gasteiger partial charge in [-0.15, -0.1) is 12.4 Å². The highest BCUT2D eigenvalue weighted by Crippen LogP contribution is 2.37. The molecule has 4 aromatic rings. The molecule has 0 bridgehead atoms. The second-order valence-electron chi connectivity index (χ2n) is 13.5. The van der Waals surface area contributed by atoms with E-state index in [4.69, 9.17) is 20.9 Å². The number of rotatable bonds is 2. The summed E-state index contributed by atoms with van der Waals surface area (Å²) in [5.41, 5.74) is 14.1. The molecule has 1 fully saturated rings. The van der Waals surface area contributed by atoms with Gasteiger partial charge in [-0.3, -0.25) is 4.98 Å². The van der Waals surface area contributed by atoms with Crippen LogP contribution in [0.25, 0.3) is 11.3 Å². The molecule has 7 rings (SSSR count). The van der Waals surface area contributed by atoms with Crippen molar-refractivity contribution in [2.45, 2.75) is 105 Å². The number of benzene rings is 2. The van der Waals surface area contributed by atoms with Gasteiger partial charge in [0.2, 0.25) is 0 Å². The number of aryl methyl sites for hydroxylation is 6. The number of hydrogen-bond acceptors (Lipinski definition) is 4. The third kappa shape index (κ3) is 7.82. The van der Waals surface area contributed by atoms with Crippen LogP contribution in [0.1, 0.15) is 85.0 Å². The molecule has 0 N–H and O–H groups in total. The van der Waals surface area contributed by atoms with E-state index in [-0.39, 0.29) is 30.7 Å². The van der Waals surface area contributed by atoms with Crippen molar-refractivity contribution in [2.24, 2.45) is 0 Å². The maximum Gasteiger partial charge on any atom is 0.495 e. The van der Waals surface area contributed by atoms with Gasteiger partial charge in [0.15, 0.2) is 0 Å². The monoisotopic (exact) mass is 644 g/mol.